The topological polar surface area (TPSA) is 114 Å². The number of allylic oxidation sites excluding steroid dienone is 1. The number of nitrogens with one attached hydrogen (secondary N) is 2. The standard InChI is InChI=1S/C23H34N2O6/c1-5-9-18(22(27)25-29)19(14-16(2)3)21(26)24-20(23(28)31-13-12-30-4)15-17-10-7-6-8-11-17/h5-8,10-11,16,18-20,29H,1,9,12-15H2,2-4H3,(H,24,26)(H,25,27). The first-order valence-electron chi connectivity index (χ1n) is 10.4. The summed E-state index contributed by atoms with van der Waals surface area (Å²) in [6, 6.07) is 8.33. The number of amides is 2. The Labute approximate surface area is 184 Å². The number of ether oxygens (including phenoxy) is 2. The predicted molar refractivity (Wildman–Crippen MR) is 116 cm³/mol. The number of hydrogen-bond acceptors (Lipinski definition) is 6. The molecular weight excluding hydrogens is 400 g/mol. The van der Waals surface area contributed by atoms with E-state index in [1.807, 2.05) is 44.2 Å². The van der Waals surface area contributed by atoms with Crippen molar-refractivity contribution in [3.8, 4) is 0 Å². The smallest absolute Gasteiger partial charge is 0.329 e. The van der Waals surface area contributed by atoms with Gasteiger partial charge in [-0.05, 0) is 24.3 Å². The molecule has 0 bridgehead atoms. The first kappa shape index (κ1) is 26.3. The van der Waals surface area contributed by atoms with Crippen LogP contribution in [0.15, 0.2) is 43.0 Å². The van der Waals surface area contributed by atoms with Crippen LogP contribution in [0.2, 0.25) is 0 Å². The lowest BCUT2D eigenvalue weighted by Crippen LogP contribution is -2.49. The Kier molecular flexibility index (Phi) is 12.2. The third-order valence-corrected chi connectivity index (χ3v) is 4.83. The molecule has 3 atom stereocenters. The summed E-state index contributed by atoms with van der Waals surface area (Å²) < 4.78 is 10.1. The van der Waals surface area contributed by atoms with E-state index in [4.69, 9.17) is 14.7 Å². The average molecular weight is 435 g/mol. The maximum atomic E-state index is 13.2. The predicted octanol–water partition coefficient (Wildman–Crippen LogP) is 2.26. The molecule has 0 aliphatic heterocycles. The van der Waals surface area contributed by atoms with Crippen molar-refractivity contribution in [2.75, 3.05) is 20.3 Å². The van der Waals surface area contributed by atoms with Crippen LogP contribution in [0.25, 0.3) is 0 Å². The van der Waals surface area contributed by atoms with Gasteiger partial charge in [-0.1, -0.05) is 50.3 Å². The molecule has 1 rings (SSSR count). The maximum Gasteiger partial charge on any atom is 0.329 e. The van der Waals surface area contributed by atoms with Gasteiger partial charge in [-0.15, -0.1) is 6.58 Å². The van der Waals surface area contributed by atoms with Crippen LogP contribution < -0.4 is 10.8 Å². The fourth-order valence-electron chi connectivity index (χ4n) is 3.33. The van der Waals surface area contributed by atoms with Crippen LogP contribution in [0, 0.1) is 17.8 Å². The van der Waals surface area contributed by atoms with Crippen LogP contribution in [0.5, 0.6) is 0 Å². The normalized spacial score (nSPS) is 13.7. The zero-order chi connectivity index (χ0) is 23.2. The van der Waals surface area contributed by atoms with Gasteiger partial charge in [-0.3, -0.25) is 14.8 Å². The quantitative estimate of drug-likeness (QED) is 0.136. The second-order valence-electron chi connectivity index (χ2n) is 7.75. The van der Waals surface area contributed by atoms with Gasteiger partial charge >= 0.3 is 5.97 Å². The second kappa shape index (κ2) is 14.3. The lowest BCUT2D eigenvalue weighted by molar-refractivity contribution is -0.150. The van der Waals surface area contributed by atoms with Gasteiger partial charge in [0.05, 0.1) is 18.4 Å². The van der Waals surface area contributed by atoms with Gasteiger partial charge in [0.2, 0.25) is 11.8 Å². The molecular formula is C23H34N2O6. The second-order valence-corrected chi connectivity index (χ2v) is 7.75. The molecule has 0 saturated carbocycles. The van der Waals surface area contributed by atoms with Crippen molar-refractivity contribution in [1.82, 2.24) is 10.8 Å². The lowest BCUT2D eigenvalue weighted by Gasteiger charge is -2.27. The highest BCUT2D eigenvalue weighted by Crippen LogP contribution is 2.25. The number of carbonyl (C=O) groups excluding carboxylic acids is 3. The summed E-state index contributed by atoms with van der Waals surface area (Å²) in [6.45, 7) is 7.82. The monoisotopic (exact) mass is 434 g/mol. The maximum absolute atomic E-state index is 13.2. The Balaban J connectivity index is 3.09. The van der Waals surface area contributed by atoms with Gasteiger partial charge < -0.3 is 14.8 Å². The third-order valence-electron chi connectivity index (χ3n) is 4.83. The summed E-state index contributed by atoms with van der Waals surface area (Å²) in [5.41, 5.74) is 2.49. The molecule has 31 heavy (non-hydrogen) atoms. The fourth-order valence-corrected chi connectivity index (χ4v) is 3.33. The van der Waals surface area contributed by atoms with Gasteiger partial charge in [-0.2, -0.15) is 0 Å². The molecule has 0 spiro atoms. The van der Waals surface area contributed by atoms with E-state index in [0.29, 0.717) is 6.42 Å². The Morgan fingerprint density at radius 1 is 1.10 bits per heavy atom. The minimum atomic E-state index is -0.928. The number of rotatable bonds is 14. The van der Waals surface area contributed by atoms with E-state index < -0.39 is 35.7 Å². The average Bonchev–Trinajstić information content (AvgIpc) is 2.75. The highest BCUT2D eigenvalue weighted by Gasteiger charge is 2.35. The number of hydrogen-bond donors (Lipinski definition) is 3. The Morgan fingerprint density at radius 2 is 1.77 bits per heavy atom. The molecule has 0 heterocycles. The van der Waals surface area contributed by atoms with Crippen LogP contribution >= 0.6 is 0 Å². The van der Waals surface area contributed by atoms with Crippen LogP contribution in [0.1, 0.15) is 32.3 Å². The first-order chi connectivity index (χ1) is 14.8. The number of hydroxylamine groups is 1. The van der Waals surface area contributed by atoms with E-state index in [2.05, 4.69) is 11.9 Å². The molecule has 0 aromatic heterocycles. The minimum absolute atomic E-state index is 0.0674. The summed E-state index contributed by atoms with van der Waals surface area (Å²) in [5, 5.41) is 11.9. The van der Waals surface area contributed by atoms with Crippen molar-refractivity contribution < 1.29 is 29.1 Å². The highest BCUT2D eigenvalue weighted by molar-refractivity contribution is 5.90. The summed E-state index contributed by atoms with van der Waals surface area (Å²) >= 11 is 0. The van der Waals surface area contributed by atoms with Gasteiger partial charge in [0.25, 0.3) is 0 Å². The molecule has 3 unspecified atom stereocenters. The molecule has 0 aliphatic rings. The van der Waals surface area contributed by atoms with Gasteiger partial charge in [0, 0.05) is 13.5 Å². The molecule has 0 aliphatic carbocycles. The molecule has 1 aromatic rings. The summed E-state index contributed by atoms with van der Waals surface area (Å²) in [6.07, 6.45) is 2.37. The molecule has 0 radical (unpaired) electrons. The van der Waals surface area contributed by atoms with E-state index >= 15 is 0 Å². The number of esters is 1. The van der Waals surface area contributed by atoms with Gasteiger partial charge in [0.1, 0.15) is 12.6 Å². The van der Waals surface area contributed by atoms with Crippen molar-refractivity contribution in [3.05, 3.63) is 48.6 Å². The molecule has 8 nitrogen and oxygen atoms in total. The van der Waals surface area contributed by atoms with Gasteiger partial charge in [0.15, 0.2) is 0 Å². The van der Waals surface area contributed by atoms with Crippen molar-refractivity contribution in [1.29, 1.82) is 0 Å². The van der Waals surface area contributed by atoms with E-state index in [1.165, 1.54) is 13.2 Å². The van der Waals surface area contributed by atoms with Crippen LogP contribution in [-0.2, 0) is 30.3 Å². The molecule has 1 aromatic carbocycles. The SMILES string of the molecule is C=CCC(C(=O)NO)C(CC(C)C)C(=O)NC(Cc1ccccc1)C(=O)OCCOC. The van der Waals surface area contributed by atoms with Crippen LogP contribution in [0.3, 0.4) is 0 Å². The number of carbonyl (C=O) groups is 3. The highest BCUT2D eigenvalue weighted by atomic mass is 16.6. The molecule has 172 valence electrons. The van der Waals surface area contributed by atoms with Crippen molar-refractivity contribution in [3.63, 3.8) is 0 Å². The van der Waals surface area contributed by atoms with Crippen LogP contribution in [-0.4, -0.2) is 49.4 Å². The third kappa shape index (κ3) is 9.31. The van der Waals surface area contributed by atoms with Crippen molar-refractivity contribution >= 4 is 17.8 Å². The largest absolute Gasteiger partial charge is 0.462 e. The Bertz CT molecular complexity index is 707. The lowest BCUT2D eigenvalue weighted by atomic mass is 9.82. The Hall–Kier alpha value is -2.71. The summed E-state index contributed by atoms with van der Waals surface area (Å²) in [5.74, 6) is -3.15. The number of benzene rings is 1. The molecule has 0 saturated heterocycles. The molecule has 8 heteroatoms. The minimum Gasteiger partial charge on any atom is -0.462 e. The number of methoxy groups -OCH3 is 1. The van der Waals surface area contributed by atoms with E-state index in [1.54, 1.807) is 5.48 Å². The zero-order valence-corrected chi connectivity index (χ0v) is 18.5. The van der Waals surface area contributed by atoms with E-state index in [0.717, 1.165) is 5.56 Å². The van der Waals surface area contributed by atoms with E-state index in [-0.39, 0.29) is 32.0 Å². The molecule has 2 amide bonds. The zero-order valence-electron chi connectivity index (χ0n) is 18.5. The summed E-state index contributed by atoms with van der Waals surface area (Å²) in [7, 11) is 1.50. The summed E-state index contributed by atoms with van der Waals surface area (Å²) in [4.78, 5) is 38.1. The Morgan fingerprint density at radius 3 is 2.32 bits per heavy atom. The van der Waals surface area contributed by atoms with Crippen molar-refractivity contribution in [2.24, 2.45) is 17.8 Å². The molecule has 0 fully saturated rings. The van der Waals surface area contributed by atoms with Crippen LogP contribution in [0.4, 0.5) is 0 Å². The van der Waals surface area contributed by atoms with Gasteiger partial charge in [-0.25, -0.2) is 10.3 Å². The first-order valence-corrected chi connectivity index (χ1v) is 10.4. The fraction of sp³-hybridized carbons (Fsp3) is 0.522. The van der Waals surface area contributed by atoms with E-state index in [9.17, 15) is 14.4 Å². The van der Waals surface area contributed by atoms with Crippen molar-refractivity contribution in [2.45, 2.75) is 39.2 Å². The molecule has 3 N–H and O–H groups in total.